The molecule has 7 heteroatoms. The van der Waals surface area contributed by atoms with E-state index in [2.05, 4.69) is 5.10 Å². The van der Waals surface area contributed by atoms with Gasteiger partial charge in [0, 0.05) is 11.2 Å². The van der Waals surface area contributed by atoms with Gasteiger partial charge >= 0.3 is 6.18 Å². The summed E-state index contributed by atoms with van der Waals surface area (Å²) >= 11 is 5.80. The Bertz CT molecular complexity index is 566. The van der Waals surface area contributed by atoms with Crippen LogP contribution in [-0.4, -0.2) is 16.9 Å². The quantitative estimate of drug-likeness (QED) is 0.839. The number of nitrogens with zero attached hydrogens (tertiary/aromatic N) is 2. The Morgan fingerprint density at radius 3 is 2.56 bits per heavy atom. The molecule has 0 fully saturated rings. The molecule has 0 aliphatic rings. The molecule has 0 spiro atoms. The van der Waals surface area contributed by atoms with Crippen molar-refractivity contribution in [3.05, 3.63) is 41.2 Å². The Balaban J connectivity index is 2.49. The SMILES string of the molecule is COc1ccc(Cl)cc1-n1ccc(C(F)(F)F)n1. The third-order valence-corrected chi connectivity index (χ3v) is 2.50. The van der Waals surface area contributed by atoms with Gasteiger partial charge in [0.05, 0.1) is 7.11 Å². The molecule has 0 aliphatic heterocycles. The minimum absolute atomic E-state index is 0.348. The Kier molecular flexibility index (Phi) is 3.21. The van der Waals surface area contributed by atoms with Gasteiger partial charge in [-0.1, -0.05) is 11.6 Å². The molecule has 0 saturated heterocycles. The minimum Gasteiger partial charge on any atom is -0.494 e. The second-order valence-electron chi connectivity index (χ2n) is 3.46. The maximum Gasteiger partial charge on any atom is 0.435 e. The average Bonchev–Trinajstić information content (AvgIpc) is 2.77. The zero-order valence-electron chi connectivity index (χ0n) is 9.20. The summed E-state index contributed by atoms with van der Waals surface area (Å²) in [6, 6.07) is 5.51. The van der Waals surface area contributed by atoms with E-state index in [-0.39, 0.29) is 0 Å². The van der Waals surface area contributed by atoms with Gasteiger partial charge in [-0.3, -0.25) is 0 Å². The third-order valence-electron chi connectivity index (χ3n) is 2.27. The summed E-state index contributed by atoms with van der Waals surface area (Å²) in [6.45, 7) is 0. The second kappa shape index (κ2) is 4.53. The summed E-state index contributed by atoms with van der Waals surface area (Å²) in [5, 5.41) is 3.84. The van der Waals surface area contributed by atoms with Crippen LogP contribution in [0, 0.1) is 0 Å². The zero-order chi connectivity index (χ0) is 13.3. The van der Waals surface area contributed by atoms with Crippen molar-refractivity contribution < 1.29 is 17.9 Å². The molecule has 96 valence electrons. The molecule has 2 aromatic rings. The van der Waals surface area contributed by atoms with E-state index >= 15 is 0 Å². The lowest BCUT2D eigenvalue weighted by molar-refractivity contribution is -0.141. The molecule has 0 radical (unpaired) electrons. The van der Waals surface area contributed by atoms with Crippen LogP contribution >= 0.6 is 11.6 Å². The number of hydrogen-bond acceptors (Lipinski definition) is 2. The van der Waals surface area contributed by atoms with Crippen LogP contribution in [0.15, 0.2) is 30.5 Å². The van der Waals surface area contributed by atoms with Gasteiger partial charge in [0.15, 0.2) is 5.69 Å². The Labute approximate surface area is 106 Å². The predicted octanol–water partition coefficient (Wildman–Crippen LogP) is 3.55. The molecule has 0 N–H and O–H groups in total. The highest BCUT2D eigenvalue weighted by atomic mass is 35.5. The Morgan fingerprint density at radius 2 is 2.00 bits per heavy atom. The molecular formula is C11H8ClF3N2O. The number of hydrogen-bond donors (Lipinski definition) is 0. The fraction of sp³-hybridized carbons (Fsp3) is 0.182. The van der Waals surface area contributed by atoms with Crippen molar-refractivity contribution in [2.45, 2.75) is 6.18 Å². The van der Waals surface area contributed by atoms with Crippen molar-refractivity contribution in [3.63, 3.8) is 0 Å². The first-order chi connectivity index (χ1) is 8.41. The number of rotatable bonds is 2. The molecule has 0 atom stereocenters. The largest absolute Gasteiger partial charge is 0.494 e. The summed E-state index contributed by atoms with van der Waals surface area (Å²) < 4.78 is 43.5. The van der Waals surface area contributed by atoms with Crippen LogP contribution in [0.4, 0.5) is 13.2 Å². The fourth-order valence-electron chi connectivity index (χ4n) is 1.45. The standard InChI is InChI=1S/C11H8ClF3N2O/c1-18-9-3-2-7(12)6-8(9)17-5-4-10(16-17)11(13,14)15/h2-6H,1H3. The summed E-state index contributed by atoms with van der Waals surface area (Å²) in [7, 11) is 1.42. The van der Waals surface area contributed by atoms with E-state index in [1.807, 2.05) is 0 Å². The molecule has 1 aromatic heterocycles. The maximum absolute atomic E-state index is 12.4. The van der Waals surface area contributed by atoms with Crippen LogP contribution in [0.3, 0.4) is 0 Å². The van der Waals surface area contributed by atoms with E-state index < -0.39 is 11.9 Å². The van der Waals surface area contributed by atoms with Crippen molar-refractivity contribution in [3.8, 4) is 11.4 Å². The molecular weight excluding hydrogens is 269 g/mol. The molecule has 1 heterocycles. The molecule has 0 aliphatic carbocycles. The van der Waals surface area contributed by atoms with Crippen molar-refractivity contribution in [1.82, 2.24) is 9.78 Å². The van der Waals surface area contributed by atoms with Gasteiger partial charge < -0.3 is 4.74 Å². The van der Waals surface area contributed by atoms with E-state index in [4.69, 9.17) is 16.3 Å². The van der Waals surface area contributed by atoms with Gasteiger partial charge in [-0.25, -0.2) is 4.68 Å². The first-order valence-corrected chi connectivity index (χ1v) is 5.26. The van der Waals surface area contributed by atoms with E-state index in [9.17, 15) is 13.2 Å². The van der Waals surface area contributed by atoms with Crippen LogP contribution in [-0.2, 0) is 6.18 Å². The van der Waals surface area contributed by atoms with Crippen LogP contribution in [0.25, 0.3) is 5.69 Å². The number of methoxy groups -OCH3 is 1. The van der Waals surface area contributed by atoms with Gasteiger partial charge in [0.1, 0.15) is 11.4 Å². The first kappa shape index (κ1) is 12.8. The lowest BCUT2D eigenvalue weighted by Crippen LogP contribution is -2.07. The van der Waals surface area contributed by atoms with Crippen LogP contribution in [0.1, 0.15) is 5.69 Å². The van der Waals surface area contributed by atoms with Crippen molar-refractivity contribution >= 4 is 11.6 Å². The topological polar surface area (TPSA) is 27.1 Å². The van der Waals surface area contributed by atoms with Crippen LogP contribution in [0.5, 0.6) is 5.75 Å². The Hall–Kier alpha value is -1.69. The van der Waals surface area contributed by atoms with Crippen molar-refractivity contribution in [2.24, 2.45) is 0 Å². The smallest absolute Gasteiger partial charge is 0.435 e. The van der Waals surface area contributed by atoms with Crippen LogP contribution in [0.2, 0.25) is 5.02 Å². The third kappa shape index (κ3) is 2.43. The molecule has 3 nitrogen and oxygen atoms in total. The molecule has 2 rings (SSSR count). The van der Waals surface area contributed by atoms with Gasteiger partial charge in [-0.15, -0.1) is 0 Å². The molecule has 0 saturated carbocycles. The molecule has 1 aromatic carbocycles. The van der Waals surface area contributed by atoms with Gasteiger partial charge in [0.25, 0.3) is 0 Å². The lowest BCUT2D eigenvalue weighted by Gasteiger charge is -2.08. The number of ether oxygens (including phenoxy) is 1. The van der Waals surface area contributed by atoms with Gasteiger partial charge in [-0.05, 0) is 24.3 Å². The summed E-state index contributed by atoms with van der Waals surface area (Å²) in [5.74, 6) is 0.385. The fourth-order valence-corrected chi connectivity index (χ4v) is 1.62. The number of halogens is 4. The minimum atomic E-state index is -4.48. The highest BCUT2D eigenvalue weighted by Gasteiger charge is 2.33. The summed E-state index contributed by atoms with van der Waals surface area (Å²) in [4.78, 5) is 0. The van der Waals surface area contributed by atoms with E-state index in [0.29, 0.717) is 16.5 Å². The monoisotopic (exact) mass is 276 g/mol. The molecule has 0 amide bonds. The van der Waals surface area contributed by atoms with E-state index in [1.54, 1.807) is 12.1 Å². The van der Waals surface area contributed by atoms with Crippen LogP contribution < -0.4 is 4.74 Å². The predicted molar refractivity (Wildman–Crippen MR) is 60.1 cm³/mol. The van der Waals surface area contributed by atoms with E-state index in [1.165, 1.54) is 19.4 Å². The first-order valence-electron chi connectivity index (χ1n) is 4.88. The van der Waals surface area contributed by atoms with E-state index in [0.717, 1.165) is 10.7 Å². The van der Waals surface area contributed by atoms with Crippen molar-refractivity contribution in [1.29, 1.82) is 0 Å². The van der Waals surface area contributed by atoms with Crippen molar-refractivity contribution in [2.75, 3.05) is 7.11 Å². The summed E-state index contributed by atoms with van der Waals surface area (Å²) in [6.07, 6.45) is -3.27. The zero-order valence-corrected chi connectivity index (χ0v) is 9.96. The second-order valence-corrected chi connectivity index (χ2v) is 3.90. The number of aromatic nitrogens is 2. The summed E-state index contributed by atoms with van der Waals surface area (Å²) in [5.41, 5.74) is -0.620. The highest BCUT2D eigenvalue weighted by Crippen LogP contribution is 2.30. The highest BCUT2D eigenvalue weighted by molar-refractivity contribution is 6.30. The Morgan fingerprint density at radius 1 is 1.28 bits per heavy atom. The maximum atomic E-state index is 12.4. The van der Waals surface area contributed by atoms with Gasteiger partial charge in [0.2, 0.25) is 0 Å². The number of benzene rings is 1. The lowest BCUT2D eigenvalue weighted by atomic mass is 10.3. The molecule has 0 unspecified atom stereocenters. The molecule has 18 heavy (non-hydrogen) atoms. The molecule has 0 bridgehead atoms. The van der Waals surface area contributed by atoms with Gasteiger partial charge in [-0.2, -0.15) is 18.3 Å². The normalized spacial score (nSPS) is 11.6. The average molecular weight is 277 g/mol. The number of alkyl halides is 3.